The molecule has 0 bridgehead atoms. The molecule has 2 aliphatic rings. The van der Waals surface area contributed by atoms with Crippen molar-refractivity contribution in [1.29, 1.82) is 0 Å². The number of fused-ring (bicyclic) bond motifs is 1. The van der Waals surface area contributed by atoms with Crippen LogP contribution >= 0.6 is 0 Å². The van der Waals surface area contributed by atoms with Crippen molar-refractivity contribution in [2.75, 3.05) is 6.61 Å². The van der Waals surface area contributed by atoms with Gasteiger partial charge in [0, 0.05) is 5.92 Å². The summed E-state index contributed by atoms with van der Waals surface area (Å²) in [5.74, 6) is 0.0229. The molecular formula is C35H36O5. The van der Waals surface area contributed by atoms with Crippen LogP contribution in [0.5, 0.6) is 0 Å². The molecule has 0 N–H and O–H groups in total. The second-order valence-electron chi connectivity index (χ2n) is 10.5. The molecule has 1 aliphatic heterocycles. The van der Waals surface area contributed by atoms with Gasteiger partial charge in [-0.25, -0.2) is 0 Å². The van der Waals surface area contributed by atoms with Gasteiger partial charge < -0.3 is 23.7 Å². The van der Waals surface area contributed by atoms with Crippen LogP contribution in [-0.4, -0.2) is 37.1 Å². The zero-order chi connectivity index (χ0) is 27.0. The number of benzene rings is 4. The standard InChI is InChI=1S/C35H36O5/c1-5-13-26(14-6-1)21-36-25-30-31(37-22-27-15-7-2-8-16-27)33(38-23-28-17-9-3-10-18-28)34(35-32(30)40-35)39-24-29-19-11-4-12-20-29/h1-20,30-35H,21-25H2/t30-,31-,32-,33+,34-,35-/m1/s1. The van der Waals surface area contributed by atoms with Crippen LogP contribution in [0.2, 0.25) is 0 Å². The van der Waals surface area contributed by atoms with E-state index in [1.807, 2.05) is 72.8 Å². The maximum atomic E-state index is 6.70. The third kappa shape index (κ3) is 6.87. The number of hydrogen-bond donors (Lipinski definition) is 0. The summed E-state index contributed by atoms with van der Waals surface area (Å²) in [6.07, 6.45) is -0.869. The van der Waals surface area contributed by atoms with Crippen molar-refractivity contribution in [2.24, 2.45) is 5.92 Å². The molecule has 4 aromatic carbocycles. The van der Waals surface area contributed by atoms with Gasteiger partial charge in [0.05, 0.1) is 45.2 Å². The molecule has 0 spiro atoms. The maximum Gasteiger partial charge on any atom is 0.115 e. The van der Waals surface area contributed by atoms with E-state index in [-0.39, 0.29) is 36.4 Å². The van der Waals surface area contributed by atoms with E-state index >= 15 is 0 Å². The Balaban J connectivity index is 1.23. The molecule has 1 aliphatic carbocycles. The van der Waals surface area contributed by atoms with E-state index in [9.17, 15) is 0 Å². The maximum absolute atomic E-state index is 6.70. The first-order valence-corrected chi connectivity index (χ1v) is 14.1. The molecule has 40 heavy (non-hydrogen) atoms. The average Bonchev–Trinajstić information content (AvgIpc) is 3.82. The van der Waals surface area contributed by atoms with Crippen molar-refractivity contribution in [1.82, 2.24) is 0 Å². The molecule has 6 atom stereocenters. The Bertz CT molecular complexity index is 1280. The number of ether oxygens (including phenoxy) is 5. The van der Waals surface area contributed by atoms with Crippen LogP contribution in [0.15, 0.2) is 121 Å². The minimum atomic E-state index is -0.318. The van der Waals surface area contributed by atoms with E-state index in [1.165, 1.54) is 0 Å². The lowest BCUT2D eigenvalue weighted by Gasteiger charge is -2.40. The second-order valence-corrected chi connectivity index (χ2v) is 10.5. The van der Waals surface area contributed by atoms with Crippen molar-refractivity contribution >= 4 is 0 Å². The molecule has 206 valence electrons. The Labute approximate surface area is 236 Å². The van der Waals surface area contributed by atoms with Crippen molar-refractivity contribution in [3.8, 4) is 0 Å². The molecular weight excluding hydrogens is 500 g/mol. The highest BCUT2D eigenvalue weighted by Crippen LogP contribution is 2.45. The second kappa shape index (κ2) is 13.4. The molecule has 0 aromatic heterocycles. The van der Waals surface area contributed by atoms with Gasteiger partial charge in [0.25, 0.3) is 0 Å². The van der Waals surface area contributed by atoms with E-state index in [4.69, 9.17) is 23.7 Å². The summed E-state index contributed by atoms with van der Waals surface area (Å²) in [6.45, 7) is 2.51. The van der Waals surface area contributed by atoms with Crippen LogP contribution in [0.25, 0.3) is 0 Å². The van der Waals surface area contributed by atoms with E-state index < -0.39 is 0 Å². The Morgan fingerprint density at radius 2 is 0.825 bits per heavy atom. The summed E-state index contributed by atoms with van der Waals surface area (Å²) in [6, 6.07) is 41.0. The fraction of sp³-hybridized carbons (Fsp3) is 0.314. The van der Waals surface area contributed by atoms with Gasteiger partial charge in [-0.3, -0.25) is 0 Å². The molecule has 0 unspecified atom stereocenters. The largest absolute Gasteiger partial charge is 0.376 e. The van der Waals surface area contributed by atoms with Gasteiger partial charge in [-0.15, -0.1) is 0 Å². The molecule has 0 radical (unpaired) electrons. The van der Waals surface area contributed by atoms with Gasteiger partial charge >= 0.3 is 0 Å². The smallest absolute Gasteiger partial charge is 0.115 e. The average molecular weight is 537 g/mol. The first kappa shape index (κ1) is 26.9. The first-order chi connectivity index (χ1) is 19.8. The molecule has 5 heteroatoms. The Morgan fingerprint density at radius 3 is 1.30 bits per heavy atom. The number of rotatable bonds is 13. The van der Waals surface area contributed by atoms with Crippen LogP contribution < -0.4 is 0 Å². The SMILES string of the molecule is c1ccc(COC[C@@H]2[C@@H](OCc3ccccc3)[C@H](OCc3ccccc3)[C@@H](OCc3ccccc3)[C@@H]3O[C@H]23)cc1. The number of hydrogen-bond acceptors (Lipinski definition) is 5. The van der Waals surface area contributed by atoms with Gasteiger partial charge in [-0.1, -0.05) is 121 Å². The predicted molar refractivity (Wildman–Crippen MR) is 153 cm³/mol. The molecule has 1 saturated heterocycles. The predicted octanol–water partition coefficient (Wildman–Crippen LogP) is 6.36. The summed E-state index contributed by atoms with van der Waals surface area (Å²) in [5.41, 5.74) is 4.50. The Morgan fingerprint density at radius 1 is 0.425 bits per heavy atom. The van der Waals surface area contributed by atoms with Crippen molar-refractivity contribution < 1.29 is 23.7 Å². The van der Waals surface area contributed by atoms with E-state index in [0.29, 0.717) is 33.0 Å². The third-order valence-corrected chi connectivity index (χ3v) is 7.65. The summed E-state index contributed by atoms with van der Waals surface area (Å²) in [7, 11) is 0. The van der Waals surface area contributed by atoms with Crippen molar-refractivity contribution in [3.05, 3.63) is 144 Å². The van der Waals surface area contributed by atoms with Crippen LogP contribution in [0.4, 0.5) is 0 Å². The number of epoxide rings is 1. The van der Waals surface area contributed by atoms with Gasteiger partial charge in [-0.05, 0) is 22.3 Å². The zero-order valence-corrected chi connectivity index (χ0v) is 22.6. The molecule has 1 heterocycles. The van der Waals surface area contributed by atoms with Crippen LogP contribution in [-0.2, 0) is 50.1 Å². The monoisotopic (exact) mass is 536 g/mol. The summed E-state index contributed by atoms with van der Waals surface area (Å²) in [5, 5.41) is 0. The van der Waals surface area contributed by atoms with E-state index in [0.717, 1.165) is 22.3 Å². The zero-order valence-electron chi connectivity index (χ0n) is 22.6. The Kier molecular flexibility index (Phi) is 8.98. The molecule has 5 nitrogen and oxygen atoms in total. The Hall–Kier alpha value is -3.32. The lowest BCUT2D eigenvalue weighted by Crippen LogP contribution is -2.55. The first-order valence-electron chi connectivity index (χ1n) is 14.1. The van der Waals surface area contributed by atoms with Gasteiger partial charge in [0.2, 0.25) is 0 Å². The van der Waals surface area contributed by atoms with Crippen LogP contribution in [0, 0.1) is 5.92 Å². The van der Waals surface area contributed by atoms with Crippen molar-refractivity contribution in [3.63, 3.8) is 0 Å². The topological polar surface area (TPSA) is 49.5 Å². The summed E-state index contributed by atoms with van der Waals surface area (Å²) in [4.78, 5) is 0. The molecule has 4 aromatic rings. The van der Waals surface area contributed by atoms with Gasteiger partial charge in [-0.2, -0.15) is 0 Å². The summed E-state index contributed by atoms with van der Waals surface area (Å²) < 4.78 is 32.5. The lowest BCUT2D eigenvalue weighted by molar-refractivity contribution is -0.185. The van der Waals surface area contributed by atoms with Crippen LogP contribution in [0.1, 0.15) is 22.3 Å². The quantitative estimate of drug-likeness (QED) is 0.186. The van der Waals surface area contributed by atoms with E-state index in [2.05, 4.69) is 48.5 Å². The molecule has 6 rings (SSSR count). The lowest BCUT2D eigenvalue weighted by atomic mass is 9.82. The normalized spacial score (nSPS) is 25.3. The van der Waals surface area contributed by atoms with Crippen molar-refractivity contribution in [2.45, 2.75) is 56.9 Å². The molecule has 0 amide bonds. The minimum Gasteiger partial charge on any atom is -0.376 e. The highest BCUT2D eigenvalue weighted by Gasteiger charge is 2.62. The molecule has 1 saturated carbocycles. The highest BCUT2D eigenvalue weighted by atomic mass is 16.6. The fourth-order valence-corrected chi connectivity index (χ4v) is 5.52. The van der Waals surface area contributed by atoms with Gasteiger partial charge in [0.15, 0.2) is 0 Å². The third-order valence-electron chi connectivity index (χ3n) is 7.65. The van der Waals surface area contributed by atoms with E-state index in [1.54, 1.807) is 0 Å². The highest BCUT2D eigenvalue weighted by molar-refractivity contribution is 5.18. The van der Waals surface area contributed by atoms with Gasteiger partial charge in [0.1, 0.15) is 18.3 Å². The fourth-order valence-electron chi connectivity index (χ4n) is 5.52. The summed E-state index contributed by atoms with van der Waals surface area (Å²) >= 11 is 0. The van der Waals surface area contributed by atoms with Crippen LogP contribution in [0.3, 0.4) is 0 Å². The minimum absolute atomic E-state index is 0.00824. The molecule has 2 fully saturated rings.